The molecule has 0 aliphatic rings. The molecule has 0 bridgehead atoms. The van der Waals surface area contributed by atoms with Crippen LogP contribution in [0.4, 0.5) is 5.69 Å². The summed E-state index contributed by atoms with van der Waals surface area (Å²) in [6.45, 7) is 1.98. The number of hydrogen-bond acceptors (Lipinski definition) is 6. The van der Waals surface area contributed by atoms with Crippen LogP contribution in [0.1, 0.15) is 12.6 Å². The van der Waals surface area contributed by atoms with Gasteiger partial charge in [0.2, 0.25) is 0 Å². The van der Waals surface area contributed by atoms with Crippen LogP contribution in [-0.2, 0) is 9.53 Å². The van der Waals surface area contributed by atoms with Crippen molar-refractivity contribution in [1.29, 1.82) is 5.26 Å². The molecule has 2 N–H and O–H groups in total. The van der Waals surface area contributed by atoms with Gasteiger partial charge in [0.1, 0.15) is 11.8 Å². The zero-order valence-electron chi connectivity index (χ0n) is 13.8. The molecule has 2 rings (SSSR count). The van der Waals surface area contributed by atoms with E-state index in [-0.39, 0.29) is 12.3 Å². The Kier molecular flexibility index (Phi) is 6.77. The molecule has 0 saturated heterocycles. The summed E-state index contributed by atoms with van der Waals surface area (Å²) in [6.07, 6.45) is 4.52. The standard InChI is InChI=1S/C19H18N4O2/c1-2-25-19(24)18(14-22-16-8-4-3-5-9-16)23-13-15(12-20)17-10-6-7-11-21-17/h3-11,13-14,22-23H,2H2,1H3/b15-13-,18-14-. The molecule has 126 valence electrons. The predicted octanol–water partition coefficient (Wildman–Crippen LogP) is 3.05. The Morgan fingerprint density at radius 1 is 1.20 bits per heavy atom. The van der Waals surface area contributed by atoms with E-state index in [4.69, 9.17) is 4.74 Å². The number of allylic oxidation sites excluding steroid dienone is 1. The molecule has 1 aromatic carbocycles. The number of carbonyl (C=O) groups excluding carboxylic acids is 1. The van der Waals surface area contributed by atoms with Crippen LogP contribution in [0, 0.1) is 11.3 Å². The van der Waals surface area contributed by atoms with Crippen LogP contribution in [0.2, 0.25) is 0 Å². The summed E-state index contributed by atoms with van der Waals surface area (Å²) in [7, 11) is 0. The molecule has 0 aliphatic carbocycles. The van der Waals surface area contributed by atoms with Gasteiger partial charge in [0.05, 0.1) is 17.9 Å². The van der Waals surface area contributed by atoms with Crippen molar-refractivity contribution in [2.75, 3.05) is 11.9 Å². The molecule has 0 atom stereocenters. The highest BCUT2D eigenvalue weighted by molar-refractivity contribution is 5.89. The molecule has 2 aromatic rings. The molecule has 0 aliphatic heterocycles. The largest absolute Gasteiger partial charge is 0.461 e. The van der Waals surface area contributed by atoms with Crippen molar-refractivity contribution in [3.05, 3.63) is 78.5 Å². The Hall–Kier alpha value is -3.59. The summed E-state index contributed by atoms with van der Waals surface area (Å²) in [5, 5.41) is 15.1. The summed E-state index contributed by atoms with van der Waals surface area (Å²) >= 11 is 0. The SMILES string of the molecule is CCOC(=O)/C(=C/Nc1ccccc1)N/C=C(/C#N)c1ccccn1. The molecule has 6 heteroatoms. The number of benzene rings is 1. The maximum absolute atomic E-state index is 12.1. The lowest BCUT2D eigenvalue weighted by atomic mass is 10.2. The van der Waals surface area contributed by atoms with Gasteiger partial charge in [-0.3, -0.25) is 4.98 Å². The molecule has 6 nitrogen and oxygen atoms in total. The first-order valence-electron chi connectivity index (χ1n) is 7.71. The van der Waals surface area contributed by atoms with Gasteiger partial charge in [-0.2, -0.15) is 5.26 Å². The number of hydrogen-bond donors (Lipinski definition) is 2. The van der Waals surface area contributed by atoms with Crippen molar-refractivity contribution in [3.63, 3.8) is 0 Å². The molecular formula is C19H18N4O2. The molecule has 1 aromatic heterocycles. The first-order valence-corrected chi connectivity index (χ1v) is 7.71. The second kappa shape index (κ2) is 9.53. The highest BCUT2D eigenvalue weighted by Crippen LogP contribution is 2.10. The Morgan fingerprint density at radius 3 is 2.60 bits per heavy atom. The molecule has 0 fully saturated rings. The summed E-state index contributed by atoms with van der Waals surface area (Å²) in [5.74, 6) is -0.527. The minimum atomic E-state index is -0.527. The molecule has 0 spiro atoms. The Balaban J connectivity index is 2.19. The molecular weight excluding hydrogens is 316 g/mol. The van der Waals surface area contributed by atoms with Crippen molar-refractivity contribution >= 4 is 17.2 Å². The minimum absolute atomic E-state index is 0.175. The highest BCUT2D eigenvalue weighted by Gasteiger charge is 2.10. The fraction of sp³-hybridized carbons (Fsp3) is 0.105. The predicted molar refractivity (Wildman–Crippen MR) is 95.7 cm³/mol. The number of rotatable bonds is 7. The van der Waals surface area contributed by atoms with E-state index in [1.54, 1.807) is 31.3 Å². The average Bonchev–Trinajstić information content (AvgIpc) is 2.66. The smallest absolute Gasteiger partial charge is 0.356 e. The molecule has 25 heavy (non-hydrogen) atoms. The number of para-hydroxylation sites is 1. The third-order valence-electron chi connectivity index (χ3n) is 3.09. The van der Waals surface area contributed by atoms with E-state index in [2.05, 4.69) is 21.7 Å². The summed E-state index contributed by atoms with van der Waals surface area (Å²) in [4.78, 5) is 16.2. The van der Waals surface area contributed by atoms with E-state index in [1.807, 2.05) is 30.3 Å². The average molecular weight is 334 g/mol. The second-order valence-corrected chi connectivity index (χ2v) is 4.82. The number of nitriles is 1. The maximum atomic E-state index is 12.1. The summed E-state index contributed by atoms with van der Waals surface area (Å²) in [6, 6.07) is 16.7. The summed E-state index contributed by atoms with van der Waals surface area (Å²) in [5.41, 5.74) is 1.81. The van der Waals surface area contributed by atoms with E-state index < -0.39 is 5.97 Å². The van der Waals surface area contributed by atoms with Crippen molar-refractivity contribution in [3.8, 4) is 6.07 Å². The van der Waals surface area contributed by atoms with Crippen molar-refractivity contribution in [2.24, 2.45) is 0 Å². The minimum Gasteiger partial charge on any atom is -0.461 e. The first-order chi connectivity index (χ1) is 12.2. The Bertz CT molecular complexity index is 793. The lowest BCUT2D eigenvalue weighted by Gasteiger charge is -2.09. The van der Waals surface area contributed by atoms with Crippen LogP contribution in [-0.4, -0.2) is 17.6 Å². The van der Waals surface area contributed by atoms with Crippen LogP contribution in [0.5, 0.6) is 0 Å². The first kappa shape index (κ1) is 17.8. The van der Waals surface area contributed by atoms with E-state index in [1.165, 1.54) is 12.4 Å². The number of anilines is 1. The van der Waals surface area contributed by atoms with Crippen LogP contribution in [0.3, 0.4) is 0 Å². The van der Waals surface area contributed by atoms with E-state index in [0.29, 0.717) is 11.3 Å². The van der Waals surface area contributed by atoms with Crippen LogP contribution in [0.25, 0.3) is 5.57 Å². The third kappa shape index (κ3) is 5.52. The highest BCUT2D eigenvalue weighted by atomic mass is 16.5. The third-order valence-corrected chi connectivity index (χ3v) is 3.09. The van der Waals surface area contributed by atoms with Crippen LogP contribution in [0.15, 0.2) is 72.8 Å². The quantitative estimate of drug-likeness (QED) is 0.460. The van der Waals surface area contributed by atoms with Gasteiger partial charge in [0.15, 0.2) is 0 Å². The van der Waals surface area contributed by atoms with Crippen molar-refractivity contribution in [2.45, 2.75) is 6.92 Å². The molecule has 0 amide bonds. The van der Waals surface area contributed by atoms with Gasteiger partial charge in [0.25, 0.3) is 0 Å². The fourth-order valence-electron chi connectivity index (χ4n) is 1.89. The number of carbonyl (C=O) groups is 1. The van der Waals surface area contributed by atoms with Gasteiger partial charge in [-0.1, -0.05) is 24.3 Å². The van der Waals surface area contributed by atoms with Gasteiger partial charge in [-0.05, 0) is 31.2 Å². The zero-order chi connectivity index (χ0) is 17.9. The number of nitrogens with zero attached hydrogens (tertiary/aromatic N) is 2. The lowest BCUT2D eigenvalue weighted by Crippen LogP contribution is -2.20. The molecule has 0 unspecified atom stereocenters. The van der Waals surface area contributed by atoms with E-state index in [0.717, 1.165) is 5.69 Å². The van der Waals surface area contributed by atoms with Crippen LogP contribution < -0.4 is 10.6 Å². The number of esters is 1. The van der Waals surface area contributed by atoms with Gasteiger partial charge >= 0.3 is 5.97 Å². The lowest BCUT2D eigenvalue weighted by molar-refractivity contribution is -0.138. The number of nitrogens with one attached hydrogen (secondary N) is 2. The number of pyridine rings is 1. The molecule has 1 heterocycles. The van der Waals surface area contributed by atoms with Crippen molar-refractivity contribution in [1.82, 2.24) is 10.3 Å². The van der Waals surface area contributed by atoms with Crippen LogP contribution >= 0.6 is 0 Å². The Labute approximate surface area is 146 Å². The maximum Gasteiger partial charge on any atom is 0.356 e. The van der Waals surface area contributed by atoms with Crippen molar-refractivity contribution < 1.29 is 9.53 Å². The fourth-order valence-corrected chi connectivity index (χ4v) is 1.89. The summed E-state index contributed by atoms with van der Waals surface area (Å²) < 4.78 is 5.03. The molecule has 0 saturated carbocycles. The van der Waals surface area contributed by atoms with Gasteiger partial charge in [-0.15, -0.1) is 0 Å². The monoisotopic (exact) mass is 334 g/mol. The van der Waals surface area contributed by atoms with Gasteiger partial charge in [-0.25, -0.2) is 4.79 Å². The van der Waals surface area contributed by atoms with E-state index >= 15 is 0 Å². The van der Waals surface area contributed by atoms with Gasteiger partial charge < -0.3 is 15.4 Å². The zero-order valence-corrected chi connectivity index (χ0v) is 13.8. The second-order valence-electron chi connectivity index (χ2n) is 4.82. The topological polar surface area (TPSA) is 87.0 Å². The Morgan fingerprint density at radius 2 is 1.96 bits per heavy atom. The molecule has 0 radical (unpaired) electrons. The normalized spacial score (nSPS) is 11.4. The number of aromatic nitrogens is 1. The van der Waals surface area contributed by atoms with Gasteiger partial charge in [0, 0.05) is 24.3 Å². The van der Waals surface area contributed by atoms with E-state index in [9.17, 15) is 10.1 Å². The number of ether oxygens (including phenoxy) is 1.